The summed E-state index contributed by atoms with van der Waals surface area (Å²) in [5.41, 5.74) is 0.349. The van der Waals surface area contributed by atoms with Crippen molar-refractivity contribution in [1.29, 1.82) is 0 Å². The molecule has 1 aliphatic rings. The van der Waals surface area contributed by atoms with Gasteiger partial charge >= 0.3 is 5.97 Å². The fraction of sp³-hybridized carbons (Fsp3) is 0.267. The molecule has 0 spiro atoms. The zero-order valence-corrected chi connectivity index (χ0v) is 12.0. The van der Waals surface area contributed by atoms with E-state index in [1.165, 1.54) is 11.3 Å². The number of carboxylic acid groups (broad SMARTS) is 1. The maximum Gasteiger partial charge on any atom is 0.329 e. The summed E-state index contributed by atoms with van der Waals surface area (Å²) < 4.78 is 0. The van der Waals surface area contributed by atoms with Crippen LogP contribution in [-0.2, 0) is 11.2 Å². The van der Waals surface area contributed by atoms with Crippen LogP contribution in [0.3, 0.4) is 0 Å². The second-order valence-electron chi connectivity index (χ2n) is 5.13. The predicted octanol–water partition coefficient (Wildman–Crippen LogP) is 2.08. The Morgan fingerprint density at radius 2 is 2.00 bits per heavy atom. The Bertz CT molecular complexity index is 677. The Balaban J connectivity index is 1.67. The summed E-state index contributed by atoms with van der Waals surface area (Å²) >= 11 is 1.41. The van der Waals surface area contributed by atoms with E-state index in [2.05, 4.69) is 10.3 Å². The lowest BCUT2D eigenvalue weighted by Crippen LogP contribution is -2.43. The van der Waals surface area contributed by atoms with Gasteiger partial charge < -0.3 is 10.4 Å². The highest BCUT2D eigenvalue weighted by atomic mass is 32.1. The van der Waals surface area contributed by atoms with Crippen molar-refractivity contribution in [2.45, 2.75) is 24.8 Å². The van der Waals surface area contributed by atoms with Gasteiger partial charge in [0, 0.05) is 11.8 Å². The number of amides is 1. The minimum atomic E-state index is -1.07. The molecule has 1 aromatic carbocycles. The summed E-state index contributed by atoms with van der Waals surface area (Å²) in [6, 6.07) is 9.88. The second kappa shape index (κ2) is 5.29. The summed E-state index contributed by atoms with van der Waals surface area (Å²) in [4.78, 5) is 27.4. The quantitative estimate of drug-likeness (QED) is 0.886. The standard InChI is InChI=1S/C15H14N2O3S/c18-13(17-15(6-7-15)14(19)20)11-9-21-12(16-11)8-10-4-2-1-3-5-10/h1-5,9H,6-8H2,(H,17,18)(H,19,20). The smallest absolute Gasteiger partial charge is 0.329 e. The van der Waals surface area contributed by atoms with Crippen LogP contribution < -0.4 is 5.32 Å². The van der Waals surface area contributed by atoms with Gasteiger partial charge in [-0.15, -0.1) is 11.3 Å². The minimum absolute atomic E-state index is 0.290. The van der Waals surface area contributed by atoms with Gasteiger partial charge in [-0.1, -0.05) is 30.3 Å². The van der Waals surface area contributed by atoms with E-state index in [-0.39, 0.29) is 0 Å². The van der Waals surface area contributed by atoms with E-state index in [4.69, 9.17) is 5.11 Å². The van der Waals surface area contributed by atoms with Crippen LogP contribution in [0.5, 0.6) is 0 Å². The van der Waals surface area contributed by atoms with Gasteiger partial charge in [-0.3, -0.25) is 4.79 Å². The van der Waals surface area contributed by atoms with Gasteiger partial charge in [0.15, 0.2) is 0 Å². The van der Waals surface area contributed by atoms with Gasteiger partial charge in [-0.2, -0.15) is 0 Å². The zero-order valence-electron chi connectivity index (χ0n) is 11.2. The molecule has 1 aliphatic carbocycles. The highest BCUT2D eigenvalue weighted by molar-refractivity contribution is 7.09. The van der Waals surface area contributed by atoms with Gasteiger partial charge in [0.05, 0.1) is 5.01 Å². The number of hydrogen-bond acceptors (Lipinski definition) is 4. The first-order chi connectivity index (χ1) is 10.1. The van der Waals surface area contributed by atoms with Crippen LogP contribution in [0.25, 0.3) is 0 Å². The Labute approximate surface area is 125 Å². The molecule has 2 aromatic rings. The molecule has 1 aromatic heterocycles. The summed E-state index contributed by atoms with van der Waals surface area (Å²) in [5.74, 6) is -1.39. The Kier molecular flexibility index (Phi) is 3.47. The number of hydrogen-bond donors (Lipinski definition) is 2. The summed E-state index contributed by atoms with van der Waals surface area (Å²) in [5, 5.41) is 14.1. The third-order valence-electron chi connectivity index (χ3n) is 3.49. The van der Waals surface area contributed by atoms with E-state index in [1.807, 2.05) is 30.3 Å². The van der Waals surface area contributed by atoms with E-state index in [1.54, 1.807) is 5.38 Å². The highest BCUT2D eigenvalue weighted by Crippen LogP contribution is 2.35. The monoisotopic (exact) mass is 302 g/mol. The summed E-state index contributed by atoms with van der Waals surface area (Å²) in [7, 11) is 0. The number of carbonyl (C=O) groups excluding carboxylic acids is 1. The molecule has 0 bridgehead atoms. The van der Waals surface area contributed by atoms with Crippen molar-refractivity contribution >= 4 is 23.2 Å². The van der Waals surface area contributed by atoms with Gasteiger partial charge in [-0.25, -0.2) is 9.78 Å². The Hall–Kier alpha value is -2.21. The van der Waals surface area contributed by atoms with Crippen molar-refractivity contribution in [3.05, 3.63) is 52.0 Å². The maximum atomic E-state index is 12.0. The van der Waals surface area contributed by atoms with Gasteiger partial charge in [0.25, 0.3) is 5.91 Å². The van der Waals surface area contributed by atoms with Crippen molar-refractivity contribution < 1.29 is 14.7 Å². The molecular weight excluding hydrogens is 288 g/mol. The van der Waals surface area contributed by atoms with Crippen LogP contribution in [0.2, 0.25) is 0 Å². The summed E-state index contributed by atoms with van der Waals surface area (Å²) in [6.07, 6.45) is 1.63. The summed E-state index contributed by atoms with van der Waals surface area (Å²) in [6.45, 7) is 0. The number of thiazole rings is 1. The van der Waals surface area contributed by atoms with Crippen molar-refractivity contribution in [3.63, 3.8) is 0 Å². The average Bonchev–Trinajstić information content (AvgIpc) is 3.11. The lowest BCUT2D eigenvalue weighted by atomic mass is 10.2. The molecule has 6 heteroatoms. The SMILES string of the molecule is O=C(NC1(C(=O)O)CC1)c1csc(Cc2ccccc2)n1. The molecule has 5 nitrogen and oxygen atoms in total. The fourth-order valence-corrected chi connectivity index (χ4v) is 2.87. The normalized spacial score (nSPS) is 15.4. The van der Waals surface area contributed by atoms with Crippen molar-refractivity contribution in [2.24, 2.45) is 0 Å². The topological polar surface area (TPSA) is 79.3 Å². The van der Waals surface area contributed by atoms with Crippen LogP contribution in [0.1, 0.15) is 33.9 Å². The lowest BCUT2D eigenvalue weighted by Gasteiger charge is -2.10. The van der Waals surface area contributed by atoms with E-state index in [0.717, 1.165) is 10.6 Å². The van der Waals surface area contributed by atoms with E-state index >= 15 is 0 Å². The molecule has 0 aliphatic heterocycles. The van der Waals surface area contributed by atoms with Gasteiger partial charge in [-0.05, 0) is 18.4 Å². The zero-order chi connectivity index (χ0) is 14.9. The second-order valence-corrected chi connectivity index (χ2v) is 6.07. The van der Waals surface area contributed by atoms with Crippen LogP contribution in [-0.4, -0.2) is 27.5 Å². The molecule has 108 valence electrons. The first-order valence-electron chi connectivity index (χ1n) is 6.63. The molecule has 0 saturated heterocycles. The van der Waals surface area contributed by atoms with Crippen LogP contribution in [0.15, 0.2) is 35.7 Å². The number of carbonyl (C=O) groups is 2. The van der Waals surface area contributed by atoms with E-state index in [0.29, 0.717) is 25.0 Å². The third-order valence-corrected chi connectivity index (χ3v) is 4.34. The minimum Gasteiger partial charge on any atom is -0.480 e. The highest BCUT2D eigenvalue weighted by Gasteiger charge is 2.51. The van der Waals surface area contributed by atoms with Crippen molar-refractivity contribution in [1.82, 2.24) is 10.3 Å². The number of nitrogens with one attached hydrogen (secondary N) is 1. The molecule has 0 atom stereocenters. The molecule has 3 rings (SSSR count). The van der Waals surface area contributed by atoms with E-state index < -0.39 is 17.4 Å². The van der Waals surface area contributed by atoms with Crippen molar-refractivity contribution in [3.8, 4) is 0 Å². The van der Waals surface area contributed by atoms with Crippen LogP contribution in [0.4, 0.5) is 0 Å². The maximum absolute atomic E-state index is 12.0. The first-order valence-corrected chi connectivity index (χ1v) is 7.51. The number of rotatable bonds is 5. The fourth-order valence-electron chi connectivity index (χ4n) is 2.07. The number of aromatic nitrogens is 1. The number of benzene rings is 1. The number of aliphatic carboxylic acids is 1. The molecule has 0 radical (unpaired) electrons. The van der Waals surface area contributed by atoms with Gasteiger partial charge in [0.2, 0.25) is 0 Å². The molecule has 1 heterocycles. The largest absolute Gasteiger partial charge is 0.480 e. The average molecular weight is 302 g/mol. The van der Waals surface area contributed by atoms with Gasteiger partial charge in [0.1, 0.15) is 11.2 Å². The molecule has 1 fully saturated rings. The van der Waals surface area contributed by atoms with Crippen LogP contribution in [0, 0.1) is 0 Å². The first kappa shape index (κ1) is 13.8. The molecule has 1 saturated carbocycles. The molecule has 21 heavy (non-hydrogen) atoms. The third kappa shape index (κ3) is 2.95. The number of carboxylic acids is 1. The Morgan fingerprint density at radius 1 is 1.29 bits per heavy atom. The molecule has 0 unspecified atom stereocenters. The van der Waals surface area contributed by atoms with E-state index in [9.17, 15) is 9.59 Å². The molecule has 2 N–H and O–H groups in total. The lowest BCUT2D eigenvalue weighted by molar-refractivity contribution is -0.140. The molecular formula is C15H14N2O3S. The number of nitrogens with zero attached hydrogens (tertiary/aromatic N) is 1. The van der Waals surface area contributed by atoms with Crippen molar-refractivity contribution in [2.75, 3.05) is 0 Å². The molecule has 1 amide bonds. The van der Waals surface area contributed by atoms with Crippen LogP contribution >= 0.6 is 11.3 Å². The Morgan fingerprint density at radius 3 is 2.62 bits per heavy atom. The predicted molar refractivity (Wildman–Crippen MR) is 78.4 cm³/mol.